The van der Waals surface area contributed by atoms with Gasteiger partial charge in [0.05, 0.1) is 35.5 Å². The third kappa shape index (κ3) is 10.6. The molecule has 0 saturated carbocycles. The third-order valence-corrected chi connectivity index (χ3v) is 10.7. The molecular weight excluding hydrogens is 888 g/mol. The van der Waals surface area contributed by atoms with Crippen LogP contribution in [0.25, 0.3) is 43.1 Å². The van der Waals surface area contributed by atoms with Gasteiger partial charge in [-0.2, -0.15) is 0 Å². The number of hydrogen-bond donors (Lipinski definition) is 2. The van der Waals surface area contributed by atoms with Crippen molar-refractivity contribution < 1.29 is 38.9 Å². The SMILES string of the molecule is CCOC(=O)c1cccc2cccc(Br)c12.CCOC(=O)c1cccc2cccc(C)c12.Cc1cccc2cccc(C(=O)O)c12.O=C(O)c1cccc2cccc(Br)c12. The van der Waals surface area contributed by atoms with Crippen molar-refractivity contribution in [3.05, 3.63) is 188 Å². The van der Waals surface area contributed by atoms with Crippen molar-refractivity contribution in [3.8, 4) is 0 Å². The molecule has 0 bridgehead atoms. The van der Waals surface area contributed by atoms with E-state index in [0.717, 1.165) is 63.2 Å². The Bertz CT molecular complexity index is 2630. The van der Waals surface area contributed by atoms with Crippen LogP contribution in [0, 0.1) is 13.8 Å². The summed E-state index contributed by atoms with van der Waals surface area (Å²) in [5.74, 6) is -2.30. The van der Waals surface area contributed by atoms with Crippen molar-refractivity contribution in [2.24, 2.45) is 0 Å². The second-order valence-electron chi connectivity index (χ2n) is 13.3. The van der Waals surface area contributed by atoms with Gasteiger partial charge in [-0.3, -0.25) is 0 Å². The Balaban J connectivity index is 0.000000152. The minimum absolute atomic E-state index is 0.248. The average Bonchev–Trinajstić information content (AvgIpc) is 3.24. The summed E-state index contributed by atoms with van der Waals surface area (Å²) in [4.78, 5) is 45.5. The molecule has 304 valence electrons. The van der Waals surface area contributed by atoms with E-state index in [0.29, 0.717) is 35.5 Å². The van der Waals surface area contributed by atoms with Crippen LogP contribution in [0.1, 0.15) is 66.4 Å². The van der Waals surface area contributed by atoms with Gasteiger partial charge in [-0.15, -0.1) is 0 Å². The molecule has 60 heavy (non-hydrogen) atoms. The first-order valence-corrected chi connectivity index (χ1v) is 20.6. The standard InChI is InChI=1S/C14H14O2.C13H11BrO2.C12H10O2.C11H7BrO2/c1-3-16-14(15)12-9-5-8-11-7-4-6-10(2)13(11)12;1-2-16-13(15)10-7-3-5-9-6-4-8-11(14)12(9)10;1-8-4-2-5-9-6-3-7-10(11(8)9)12(13)14;12-9-6-2-4-7-3-1-5-8(10(7)9)11(13)14/h4-9H,3H2,1-2H3;3-8H,2H2,1H3;2-7H,1H3,(H,13,14);1-6H,(H,13,14). The van der Waals surface area contributed by atoms with Crippen molar-refractivity contribution >= 4 is 98.8 Å². The van der Waals surface area contributed by atoms with E-state index in [1.807, 2.05) is 136 Å². The van der Waals surface area contributed by atoms with E-state index >= 15 is 0 Å². The lowest BCUT2D eigenvalue weighted by Gasteiger charge is -2.08. The first kappa shape index (κ1) is 44.7. The fourth-order valence-corrected chi connectivity index (χ4v) is 7.95. The van der Waals surface area contributed by atoms with E-state index in [9.17, 15) is 19.2 Å². The van der Waals surface area contributed by atoms with Crippen molar-refractivity contribution in [3.63, 3.8) is 0 Å². The fraction of sp³-hybridized carbons (Fsp3) is 0.120. The average molecular weight is 931 g/mol. The normalized spacial score (nSPS) is 10.4. The van der Waals surface area contributed by atoms with Crippen molar-refractivity contribution in [1.82, 2.24) is 0 Å². The zero-order valence-corrected chi connectivity index (χ0v) is 36.5. The quantitative estimate of drug-likeness (QED) is 0.158. The maximum absolute atomic E-state index is 11.8. The molecule has 8 aromatic rings. The summed E-state index contributed by atoms with van der Waals surface area (Å²) >= 11 is 6.81. The summed E-state index contributed by atoms with van der Waals surface area (Å²) in [6.07, 6.45) is 0. The van der Waals surface area contributed by atoms with Gasteiger partial charge in [0.15, 0.2) is 0 Å². The zero-order chi connectivity index (χ0) is 43.3. The fourth-order valence-electron chi connectivity index (χ4n) is 6.76. The molecule has 0 fully saturated rings. The van der Waals surface area contributed by atoms with Gasteiger partial charge in [-0.1, -0.05) is 141 Å². The molecule has 0 aliphatic rings. The summed E-state index contributed by atoms with van der Waals surface area (Å²) < 4.78 is 11.8. The molecule has 0 atom stereocenters. The molecule has 2 N–H and O–H groups in total. The van der Waals surface area contributed by atoms with E-state index in [1.165, 1.54) is 0 Å². The lowest BCUT2D eigenvalue weighted by molar-refractivity contribution is 0.0519. The lowest BCUT2D eigenvalue weighted by atomic mass is 10.0. The van der Waals surface area contributed by atoms with Gasteiger partial charge >= 0.3 is 23.9 Å². The smallest absolute Gasteiger partial charge is 0.338 e. The molecule has 0 saturated heterocycles. The molecule has 0 aliphatic carbocycles. The number of carboxylic acids is 2. The highest BCUT2D eigenvalue weighted by Gasteiger charge is 2.14. The summed E-state index contributed by atoms with van der Waals surface area (Å²) in [7, 11) is 0. The molecule has 0 spiro atoms. The Hall–Kier alpha value is -6.36. The number of aromatic carboxylic acids is 2. The summed E-state index contributed by atoms with van der Waals surface area (Å²) in [6.45, 7) is 8.34. The van der Waals surface area contributed by atoms with E-state index in [-0.39, 0.29) is 11.9 Å². The van der Waals surface area contributed by atoms with Crippen molar-refractivity contribution in [2.45, 2.75) is 27.7 Å². The molecule has 0 aromatic heterocycles. The number of aryl methyl sites for hydroxylation is 2. The number of carboxylic acid groups (broad SMARTS) is 2. The van der Waals surface area contributed by atoms with Gasteiger partial charge in [-0.05, 0) is 108 Å². The summed E-state index contributed by atoms with van der Waals surface area (Å²) in [5.41, 5.74) is 4.06. The molecule has 0 radical (unpaired) electrons. The number of carbonyl (C=O) groups is 4. The Labute approximate surface area is 364 Å². The summed E-state index contributed by atoms with van der Waals surface area (Å²) in [6, 6.07) is 45.2. The number of benzene rings is 8. The van der Waals surface area contributed by atoms with Gasteiger partial charge in [0.2, 0.25) is 0 Å². The van der Waals surface area contributed by atoms with Crippen LogP contribution in [-0.4, -0.2) is 47.3 Å². The number of rotatable bonds is 6. The maximum Gasteiger partial charge on any atom is 0.338 e. The first-order chi connectivity index (χ1) is 28.9. The lowest BCUT2D eigenvalue weighted by Crippen LogP contribution is -2.05. The molecule has 0 aliphatic heterocycles. The molecular formula is C50H42Br2O8. The number of esters is 2. The van der Waals surface area contributed by atoms with Crippen LogP contribution < -0.4 is 0 Å². The highest BCUT2D eigenvalue weighted by Crippen LogP contribution is 2.29. The minimum Gasteiger partial charge on any atom is -0.478 e. The number of fused-ring (bicyclic) bond motifs is 4. The molecule has 0 unspecified atom stereocenters. The zero-order valence-electron chi connectivity index (χ0n) is 33.4. The second kappa shape index (κ2) is 21.1. The van der Waals surface area contributed by atoms with Gasteiger partial charge in [0.1, 0.15) is 0 Å². The molecule has 8 aromatic carbocycles. The third-order valence-electron chi connectivity index (χ3n) is 9.39. The van der Waals surface area contributed by atoms with Crippen LogP contribution >= 0.6 is 31.9 Å². The number of ether oxygens (including phenoxy) is 2. The Kier molecular flexibility index (Phi) is 15.7. The summed E-state index contributed by atoms with van der Waals surface area (Å²) in [5, 5.41) is 25.5. The van der Waals surface area contributed by atoms with Crippen molar-refractivity contribution in [2.75, 3.05) is 13.2 Å². The Morgan fingerprint density at radius 2 is 0.683 bits per heavy atom. The van der Waals surface area contributed by atoms with Gasteiger partial charge in [0.25, 0.3) is 0 Å². The monoisotopic (exact) mass is 928 g/mol. The van der Waals surface area contributed by atoms with Crippen molar-refractivity contribution in [1.29, 1.82) is 0 Å². The van der Waals surface area contributed by atoms with Gasteiger partial charge < -0.3 is 19.7 Å². The first-order valence-electron chi connectivity index (χ1n) is 19.0. The number of carbonyl (C=O) groups excluding carboxylic acids is 2. The molecule has 10 heteroatoms. The van der Waals surface area contributed by atoms with E-state index in [4.69, 9.17) is 19.7 Å². The Morgan fingerprint density at radius 3 is 1.05 bits per heavy atom. The van der Waals surface area contributed by atoms with E-state index in [2.05, 4.69) is 31.9 Å². The topological polar surface area (TPSA) is 127 Å². The molecule has 8 nitrogen and oxygen atoms in total. The van der Waals surface area contributed by atoms with Crippen LogP contribution in [0.3, 0.4) is 0 Å². The maximum atomic E-state index is 11.8. The minimum atomic E-state index is -0.900. The van der Waals surface area contributed by atoms with Crippen LogP contribution in [0.5, 0.6) is 0 Å². The Morgan fingerprint density at radius 1 is 0.417 bits per heavy atom. The molecule has 0 heterocycles. The van der Waals surface area contributed by atoms with Crippen LogP contribution in [0.15, 0.2) is 155 Å². The van der Waals surface area contributed by atoms with Gasteiger partial charge in [-0.25, -0.2) is 19.2 Å². The van der Waals surface area contributed by atoms with E-state index < -0.39 is 11.9 Å². The van der Waals surface area contributed by atoms with E-state index in [1.54, 1.807) is 37.3 Å². The highest BCUT2D eigenvalue weighted by molar-refractivity contribution is 9.11. The molecule has 0 amide bonds. The molecule has 8 rings (SSSR count). The second-order valence-corrected chi connectivity index (χ2v) is 15.0. The largest absolute Gasteiger partial charge is 0.478 e. The van der Waals surface area contributed by atoms with Crippen LogP contribution in [0.4, 0.5) is 0 Å². The van der Waals surface area contributed by atoms with Crippen LogP contribution in [0.2, 0.25) is 0 Å². The van der Waals surface area contributed by atoms with Crippen LogP contribution in [-0.2, 0) is 9.47 Å². The number of hydrogen-bond acceptors (Lipinski definition) is 6. The van der Waals surface area contributed by atoms with Gasteiger partial charge in [0, 0.05) is 19.7 Å². The number of halogens is 2. The predicted molar refractivity (Wildman–Crippen MR) is 246 cm³/mol. The predicted octanol–water partition coefficient (Wildman–Crippen LogP) is 13.3. The highest BCUT2D eigenvalue weighted by atomic mass is 79.9.